The number of hydrogen-bond donors (Lipinski definition) is 3. The van der Waals surface area contributed by atoms with Gasteiger partial charge in [-0.1, -0.05) is 0 Å². The second kappa shape index (κ2) is 5.58. The monoisotopic (exact) mass is 351 g/mol. The Morgan fingerprint density at radius 3 is 2.47 bits per heavy atom. The summed E-state index contributed by atoms with van der Waals surface area (Å²) in [6.45, 7) is 2.74. The smallest absolute Gasteiger partial charge is 0.336 e. The number of carboxylic acids is 1. The zero-order valence-electron chi connectivity index (χ0n) is 10.3. The minimum atomic E-state index is -3.86. The Bertz CT molecular complexity index is 592. The molecule has 0 aromatic heterocycles. The third-order valence-corrected chi connectivity index (χ3v) is 4.26. The number of benzene rings is 1. The molecule has 0 amide bonds. The number of aliphatic hydroxyl groups is 1. The third-order valence-electron chi connectivity index (χ3n) is 2.17. The Morgan fingerprint density at radius 2 is 2.00 bits per heavy atom. The van der Waals surface area contributed by atoms with Gasteiger partial charge >= 0.3 is 5.97 Å². The van der Waals surface area contributed by atoms with Gasteiger partial charge < -0.3 is 10.2 Å². The lowest BCUT2D eigenvalue weighted by molar-refractivity contribution is 0.0695. The van der Waals surface area contributed by atoms with E-state index in [4.69, 9.17) is 5.11 Å². The Kier molecular flexibility index (Phi) is 4.72. The molecule has 0 radical (unpaired) electrons. The molecule has 0 saturated heterocycles. The molecule has 1 aromatic carbocycles. The normalized spacial score (nSPS) is 12.4. The zero-order chi connectivity index (χ0) is 14.8. The van der Waals surface area contributed by atoms with Crippen LogP contribution in [0.15, 0.2) is 27.6 Å². The number of halogens is 1. The van der Waals surface area contributed by atoms with Crippen LogP contribution in [0.5, 0.6) is 0 Å². The number of nitrogens with one attached hydrogen (secondary N) is 1. The predicted molar refractivity (Wildman–Crippen MR) is 72.6 cm³/mol. The molecule has 6 nitrogen and oxygen atoms in total. The highest BCUT2D eigenvalue weighted by atomic mass is 79.9. The summed E-state index contributed by atoms with van der Waals surface area (Å²) in [5.74, 6) is -1.23. The first-order chi connectivity index (χ1) is 8.53. The first-order valence-corrected chi connectivity index (χ1v) is 7.55. The molecule has 0 unspecified atom stereocenters. The van der Waals surface area contributed by atoms with Crippen LogP contribution in [0.3, 0.4) is 0 Å². The molecular formula is C11H14BrNO5S. The Balaban J connectivity index is 3.09. The van der Waals surface area contributed by atoms with E-state index in [0.717, 1.165) is 6.07 Å². The fourth-order valence-electron chi connectivity index (χ4n) is 1.19. The first kappa shape index (κ1) is 16.1. The Labute approximate surface area is 119 Å². The molecule has 0 spiro atoms. The number of sulfonamides is 1. The van der Waals surface area contributed by atoms with E-state index in [0.29, 0.717) is 4.47 Å². The van der Waals surface area contributed by atoms with Crippen LogP contribution < -0.4 is 4.72 Å². The van der Waals surface area contributed by atoms with Gasteiger partial charge in [0.1, 0.15) is 0 Å². The predicted octanol–water partition coefficient (Wildman–Crippen LogP) is 1.20. The number of rotatable bonds is 5. The van der Waals surface area contributed by atoms with Crippen LogP contribution in [0.25, 0.3) is 0 Å². The largest absolute Gasteiger partial charge is 0.478 e. The van der Waals surface area contributed by atoms with Crippen molar-refractivity contribution in [2.75, 3.05) is 6.54 Å². The summed E-state index contributed by atoms with van der Waals surface area (Å²) in [6, 6.07) is 3.68. The lowest BCUT2D eigenvalue weighted by Crippen LogP contribution is -2.38. The topological polar surface area (TPSA) is 104 Å². The van der Waals surface area contributed by atoms with Gasteiger partial charge in [-0.3, -0.25) is 0 Å². The molecule has 3 N–H and O–H groups in total. The summed E-state index contributed by atoms with van der Waals surface area (Å²) in [4.78, 5) is 10.8. The maximum absolute atomic E-state index is 11.9. The van der Waals surface area contributed by atoms with Crippen molar-refractivity contribution >= 4 is 31.9 Å². The van der Waals surface area contributed by atoms with Crippen LogP contribution in [0, 0.1) is 0 Å². The van der Waals surface area contributed by atoms with Crippen molar-refractivity contribution in [1.29, 1.82) is 0 Å². The van der Waals surface area contributed by atoms with Gasteiger partial charge in [0.05, 0.1) is 16.1 Å². The molecule has 0 aliphatic heterocycles. The van der Waals surface area contributed by atoms with E-state index in [1.54, 1.807) is 0 Å². The highest BCUT2D eigenvalue weighted by Crippen LogP contribution is 2.21. The molecule has 1 rings (SSSR count). The average molecular weight is 352 g/mol. The SMILES string of the molecule is CC(C)(O)CNS(=O)(=O)c1ccc(Br)c(C(=O)O)c1. The van der Waals surface area contributed by atoms with Gasteiger partial charge in [0.15, 0.2) is 0 Å². The quantitative estimate of drug-likeness (QED) is 0.739. The van der Waals surface area contributed by atoms with E-state index in [9.17, 15) is 18.3 Å². The first-order valence-electron chi connectivity index (χ1n) is 5.28. The van der Waals surface area contributed by atoms with E-state index in [-0.39, 0.29) is 17.0 Å². The van der Waals surface area contributed by atoms with Crippen molar-refractivity contribution in [3.63, 3.8) is 0 Å². The third kappa shape index (κ3) is 4.57. The number of carboxylic acid groups (broad SMARTS) is 1. The van der Waals surface area contributed by atoms with Gasteiger partial charge in [-0.2, -0.15) is 0 Å². The number of aromatic carboxylic acids is 1. The summed E-state index contributed by atoms with van der Waals surface area (Å²) in [5, 5.41) is 18.4. The van der Waals surface area contributed by atoms with Crippen LogP contribution in [-0.4, -0.2) is 36.7 Å². The summed E-state index contributed by atoms with van der Waals surface area (Å²) in [5.41, 5.74) is -1.34. The molecule has 0 heterocycles. The van der Waals surface area contributed by atoms with Crippen molar-refractivity contribution in [1.82, 2.24) is 4.72 Å². The van der Waals surface area contributed by atoms with Crippen molar-refractivity contribution in [2.45, 2.75) is 24.3 Å². The van der Waals surface area contributed by atoms with Crippen molar-refractivity contribution < 1.29 is 23.4 Å². The van der Waals surface area contributed by atoms with Crippen LogP contribution in [0.2, 0.25) is 0 Å². The van der Waals surface area contributed by atoms with Gasteiger partial charge in [0.25, 0.3) is 0 Å². The van der Waals surface area contributed by atoms with Crippen molar-refractivity contribution in [3.8, 4) is 0 Å². The van der Waals surface area contributed by atoms with Crippen LogP contribution >= 0.6 is 15.9 Å². The maximum atomic E-state index is 11.9. The molecule has 0 bridgehead atoms. The molecule has 19 heavy (non-hydrogen) atoms. The standard InChI is InChI=1S/C11H14BrNO5S/c1-11(2,16)6-13-19(17,18)7-3-4-9(12)8(5-7)10(14)15/h3-5,13,16H,6H2,1-2H3,(H,14,15). The van der Waals surface area contributed by atoms with Crippen LogP contribution in [-0.2, 0) is 10.0 Å². The molecule has 1 aromatic rings. The summed E-state index contributed by atoms with van der Waals surface area (Å²) < 4.78 is 26.4. The second-order valence-corrected chi connectivity index (χ2v) is 7.21. The van der Waals surface area contributed by atoms with E-state index in [1.807, 2.05) is 0 Å². The Hall–Kier alpha value is -0.960. The summed E-state index contributed by atoms with van der Waals surface area (Å²) in [7, 11) is -3.86. The Morgan fingerprint density at radius 1 is 1.42 bits per heavy atom. The summed E-state index contributed by atoms with van der Waals surface area (Å²) in [6.07, 6.45) is 0. The van der Waals surface area contributed by atoms with Crippen molar-refractivity contribution in [2.24, 2.45) is 0 Å². The molecule has 0 aliphatic rings. The van der Waals surface area contributed by atoms with Gasteiger partial charge in [0.2, 0.25) is 10.0 Å². The second-order valence-electron chi connectivity index (χ2n) is 4.58. The zero-order valence-corrected chi connectivity index (χ0v) is 12.7. The highest BCUT2D eigenvalue weighted by molar-refractivity contribution is 9.10. The number of carbonyl (C=O) groups is 1. The van der Waals surface area contributed by atoms with E-state index >= 15 is 0 Å². The number of hydrogen-bond acceptors (Lipinski definition) is 4. The molecular weight excluding hydrogens is 338 g/mol. The average Bonchev–Trinajstić information content (AvgIpc) is 2.25. The molecule has 0 aliphatic carbocycles. The molecule has 106 valence electrons. The molecule has 0 atom stereocenters. The van der Waals surface area contributed by atoms with E-state index < -0.39 is 21.6 Å². The lowest BCUT2D eigenvalue weighted by Gasteiger charge is -2.17. The molecule has 0 saturated carbocycles. The molecule has 8 heteroatoms. The fourth-order valence-corrected chi connectivity index (χ4v) is 2.84. The fraction of sp³-hybridized carbons (Fsp3) is 0.364. The minimum Gasteiger partial charge on any atom is -0.478 e. The lowest BCUT2D eigenvalue weighted by atomic mass is 10.1. The van der Waals surface area contributed by atoms with E-state index in [2.05, 4.69) is 20.7 Å². The highest BCUT2D eigenvalue weighted by Gasteiger charge is 2.21. The molecule has 0 fully saturated rings. The van der Waals surface area contributed by atoms with Gasteiger partial charge in [0, 0.05) is 11.0 Å². The summed E-state index contributed by atoms with van der Waals surface area (Å²) >= 11 is 3.03. The van der Waals surface area contributed by atoms with Crippen LogP contribution in [0.4, 0.5) is 0 Å². The minimum absolute atomic E-state index is 0.147. The maximum Gasteiger partial charge on any atom is 0.336 e. The van der Waals surface area contributed by atoms with Gasteiger partial charge in [-0.15, -0.1) is 0 Å². The van der Waals surface area contributed by atoms with Crippen LogP contribution in [0.1, 0.15) is 24.2 Å². The van der Waals surface area contributed by atoms with E-state index in [1.165, 1.54) is 26.0 Å². The van der Waals surface area contributed by atoms with Gasteiger partial charge in [-0.05, 0) is 48.0 Å². The van der Waals surface area contributed by atoms with Crippen molar-refractivity contribution in [3.05, 3.63) is 28.2 Å². The van der Waals surface area contributed by atoms with Gasteiger partial charge in [-0.25, -0.2) is 17.9 Å².